The number of methoxy groups -OCH3 is 1. The molecule has 0 radical (unpaired) electrons. The summed E-state index contributed by atoms with van der Waals surface area (Å²) in [5.74, 6) is 0.726. The standard InChI is InChI=1S/C17H24ClN3O3/c1-23-15-9-8-12(11-14(15)18)21-17(19)20-10-4-7-16(22)24-13-5-2-3-6-13/h8-9,11,13H,2-7,10H2,1H3,(H3,19,20,21). The second kappa shape index (κ2) is 9.37. The Labute approximate surface area is 147 Å². The van der Waals surface area contributed by atoms with Gasteiger partial charge in [0.15, 0.2) is 5.96 Å². The molecule has 0 aromatic heterocycles. The maximum atomic E-state index is 11.7. The van der Waals surface area contributed by atoms with Crippen molar-refractivity contribution in [1.82, 2.24) is 0 Å². The number of hydrogen-bond acceptors (Lipinski definition) is 4. The first-order valence-corrected chi connectivity index (χ1v) is 8.56. The number of halogens is 1. The van der Waals surface area contributed by atoms with Crippen LogP contribution in [0.15, 0.2) is 23.2 Å². The average molecular weight is 354 g/mol. The lowest BCUT2D eigenvalue weighted by atomic mass is 10.3. The molecule has 0 saturated heterocycles. The van der Waals surface area contributed by atoms with Gasteiger partial charge in [-0.15, -0.1) is 0 Å². The molecule has 0 atom stereocenters. The van der Waals surface area contributed by atoms with Crippen LogP contribution in [0.2, 0.25) is 5.02 Å². The van der Waals surface area contributed by atoms with Crippen LogP contribution >= 0.6 is 11.6 Å². The van der Waals surface area contributed by atoms with Crippen LogP contribution in [0.25, 0.3) is 0 Å². The number of hydrogen-bond donors (Lipinski definition) is 2. The Morgan fingerprint density at radius 2 is 2.17 bits per heavy atom. The number of carbonyl (C=O) groups is 1. The van der Waals surface area contributed by atoms with Crippen molar-refractivity contribution in [1.29, 1.82) is 0 Å². The van der Waals surface area contributed by atoms with Crippen molar-refractivity contribution in [3.8, 4) is 5.75 Å². The Morgan fingerprint density at radius 1 is 1.42 bits per heavy atom. The highest BCUT2D eigenvalue weighted by molar-refractivity contribution is 6.32. The molecule has 0 heterocycles. The first-order chi connectivity index (χ1) is 11.6. The van der Waals surface area contributed by atoms with Gasteiger partial charge in [0.25, 0.3) is 0 Å². The van der Waals surface area contributed by atoms with E-state index in [9.17, 15) is 4.79 Å². The van der Waals surface area contributed by atoms with E-state index in [1.807, 2.05) is 0 Å². The fourth-order valence-corrected chi connectivity index (χ4v) is 2.86. The Morgan fingerprint density at radius 3 is 2.83 bits per heavy atom. The molecular weight excluding hydrogens is 330 g/mol. The molecule has 7 heteroatoms. The largest absolute Gasteiger partial charge is 0.495 e. The van der Waals surface area contributed by atoms with E-state index in [2.05, 4.69) is 10.3 Å². The average Bonchev–Trinajstić information content (AvgIpc) is 3.04. The zero-order valence-corrected chi connectivity index (χ0v) is 14.6. The van der Waals surface area contributed by atoms with Crippen LogP contribution in [0.5, 0.6) is 5.75 Å². The van der Waals surface area contributed by atoms with Gasteiger partial charge < -0.3 is 20.5 Å². The summed E-state index contributed by atoms with van der Waals surface area (Å²) in [4.78, 5) is 15.9. The zero-order valence-electron chi connectivity index (χ0n) is 13.9. The third-order valence-electron chi connectivity index (χ3n) is 3.85. The number of carbonyl (C=O) groups excluding carboxylic acids is 1. The predicted molar refractivity (Wildman–Crippen MR) is 95.7 cm³/mol. The summed E-state index contributed by atoms with van der Waals surface area (Å²) in [7, 11) is 1.56. The van der Waals surface area contributed by atoms with E-state index >= 15 is 0 Å². The van der Waals surface area contributed by atoms with Gasteiger partial charge in [-0.05, 0) is 50.3 Å². The Hall–Kier alpha value is -1.95. The first-order valence-electron chi connectivity index (χ1n) is 8.18. The van der Waals surface area contributed by atoms with Gasteiger partial charge in [0.2, 0.25) is 0 Å². The monoisotopic (exact) mass is 353 g/mol. The molecule has 1 saturated carbocycles. The van der Waals surface area contributed by atoms with E-state index in [1.54, 1.807) is 25.3 Å². The molecule has 6 nitrogen and oxygen atoms in total. The normalized spacial score (nSPS) is 15.3. The molecule has 1 aliphatic rings. The lowest BCUT2D eigenvalue weighted by molar-refractivity contribution is -0.148. The molecule has 2 rings (SSSR count). The van der Waals surface area contributed by atoms with Crippen molar-refractivity contribution in [3.63, 3.8) is 0 Å². The molecule has 0 bridgehead atoms. The van der Waals surface area contributed by atoms with Crippen LogP contribution in [-0.4, -0.2) is 31.7 Å². The van der Waals surface area contributed by atoms with E-state index in [1.165, 1.54) is 0 Å². The highest BCUT2D eigenvalue weighted by atomic mass is 35.5. The number of ether oxygens (including phenoxy) is 2. The SMILES string of the molecule is COc1ccc(NC(N)=NCCCC(=O)OC2CCCC2)cc1Cl. The minimum Gasteiger partial charge on any atom is -0.495 e. The minimum atomic E-state index is -0.148. The number of rotatable bonds is 7. The number of aliphatic imine (C=N–C) groups is 1. The lowest BCUT2D eigenvalue weighted by Crippen LogP contribution is -2.23. The van der Waals surface area contributed by atoms with Crippen LogP contribution in [0.4, 0.5) is 5.69 Å². The summed E-state index contributed by atoms with van der Waals surface area (Å²) >= 11 is 6.05. The molecule has 0 unspecified atom stereocenters. The topological polar surface area (TPSA) is 85.9 Å². The maximum absolute atomic E-state index is 11.7. The summed E-state index contributed by atoms with van der Waals surface area (Å²) in [6.45, 7) is 0.461. The van der Waals surface area contributed by atoms with Crippen LogP contribution in [-0.2, 0) is 9.53 Å². The Balaban J connectivity index is 1.69. The molecule has 132 valence electrons. The van der Waals surface area contributed by atoms with Crippen LogP contribution in [0.1, 0.15) is 38.5 Å². The van der Waals surface area contributed by atoms with Crippen LogP contribution in [0.3, 0.4) is 0 Å². The quantitative estimate of drug-likeness (QED) is 0.340. The third kappa shape index (κ3) is 5.92. The number of esters is 1. The fourth-order valence-electron chi connectivity index (χ4n) is 2.61. The molecule has 24 heavy (non-hydrogen) atoms. The summed E-state index contributed by atoms with van der Waals surface area (Å²) in [6, 6.07) is 5.25. The van der Waals surface area contributed by atoms with Crippen molar-refractivity contribution < 1.29 is 14.3 Å². The zero-order chi connectivity index (χ0) is 17.4. The van der Waals surface area contributed by atoms with Crippen molar-refractivity contribution in [2.75, 3.05) is 19.0 Å². The molecular formula is C17H24ClN3O3. The van der Waals surface area contributed by atoms with Gasteiger partial charge in [-0.25, -0.2) is 0 Å². The van der Waals surface area contributed by atoms with Crippen LogP contribution < -0.4 is 15.8 Å². The second-order valence-corrected chi connectivity index (χ2v) is 6.15. The minimum absolute atomic E-state index is 0.118. The smallest absolute Gasteiger partial charge is 0.306 e. The maximum Gasteiger partial charge on any atom is 0.306 e. The van der Waals surface area contributed by atoms with Gasteiger partial charge in [0.1, 0.15) is 11.9 Å². The van der Waals surface area contributed by atoms with Gasteiger partial charge in [-0.2, -0.15) is 0 Å². The van der Waals surface area contributed by atoms with Crippen molar-refractivity contribution in [2.45, 2.75) is 44.6 Å². The van der Waals surface area contributed by atoms with Crippen molar-refractivity contribution in [2.24, 2.45) is 10.7 Å². The summed E-state index contributed by atoms with van der Waals surface area (Å²) in [6.07, 6.45) is 5.38. The van der Waals surface area contributed by atoms with Crippen molar-refractivity contribution in [3.05, 3.63) is 23.2 Å². The van der Waals surface area contributed by atoms with Crippen molar-refractivity contribution >= 4 is 29.2 Å². The first kappa shape index (κ1) is 18.4. The molecule has 0 aliphatic heterocycles. The number of nitrogens with one attached hydrogen (secondary N) is 1. The second-order valence-electron chi connectivity index (χ2n) is 5.74. The highest BCUT2D eigenvalue weighted by Crippen LogP contribution is 2.27. The number of anilines is 1. The number of benzene rings is 1. The van der Waals surface area contributed by atoms with E-state index in [4.69, 9.17) is 26.8 Å². The predicted octanol–water partition coefficient (Wildman–Crippen LogP) is 3.34. The van der Waals surface area contributed by atoms with Crippen LogP contribution in [0, 0.1) is 0 Å². The highest BCUT2D eigenvalue weighted by Gasteiger charge is 2.18. The number of guanidine groups is 1. The molecule has 0 spiro atoms. The molecule has 1 aliphatic carbocycles. The summed E-state index contributed by atoms with van der Waals surface area (Å²) < 4.78 is 10.5. The summed E-state index contributed by atoms with van der Waals surface area (Å²) in [5.41, 5.74) is 6.55. The molecule has 1 aromatic rings. The molecule has 1 aromatic carbocycles. The fraction of sp³-hybridized carbons (Fsp3) is 0.529. The molecule has 3 N–H and O–H groups in total. The van der Waals surface area contributed by atoms with Gasteiger partial charge in [-0.3, -0.25) is 9.79 Å². The van der Waals surface area contributed by atoms with E-state index in [-0.39, 0.29) is 18.0 Å². The van der Waals surface area contributed by atoms with Gasteiger partial charge in [-0.1, -0.05) is 11.6 Å². The summed E-state index contributed by atoms with van der Waals surface area (Å²) in [5, 5.41) is 3.44. The van der Waals surface area contributed by atoms with Gasteiger partial charge in [0.05, 0.1) is 12.1 Å². The van der Waals surface area contributed by atoms with Gasteiger partial charge >= 0.3 is 5.97 Å². The Bertz CT molecular complexity index is 586. The van der Waals surface area contributed by atoms with E-state index in [0.29, 0.717) is 30.2 Å². The molecule has 1 fully saturated rings. The van der Waals surface area contributed by atoms with Gasteiger partial charge in [0, 0.05) is 18.7 Å². The third-order valence-corrected chi connectivity index (χ3v) is 4.14. The van der Waals surface area contributed by atoms with E-state index < -0.39 is 0 Å². The number of nitrogens with two attached hydrogens (primary N) is 1. The lowest BCUT2D eigenvalue weighted by Gasteiger charge is -2.11. The molecule has 0 amide bonds. The number of nitrogens with zero attached hydrogens (tertiary/aromatic N) is 1. The Kier molecular flexibility index (Phi) is 7.18. The van der Waals surface area contributed by atoms with E-state index in [0.717, 1.165) is 31.4 Å².